The van der Waals surface area contributed by atoms with Crippen molar-refractivity contribution < 1.29 is 25.6 Å². The number of aryl methyl sites for hydroxylation is 1. The fourth-order valence-electron chi connectivity index (χ4n) is 2.22. The van der Waals surface area contributed by atoms with Gasteiger partial charge in [0.15, 0.2) is 9.58 Å². The van der Waals surface area contributed by atoms with E-state index in [-0.39, 0.29) is 18.3 Å². The third kappa shape index (κ3) is 2.24. The van der Waals surface area contributed by atoms with Gasteiger partial charge in [-0.1, -0.05) is 11.6 Å². The lowest BCUT2D eigenvalue weighted by Crippen LogP contribution is -3.00. The fraction of sp³-hybridized carbons (Fsp3) is 0.385. The summed E-state index contributed by atoms with van der Waals surface area (Å²) in [5, 5.41) is 0.771. The molecule has 3 rings (SSSR count). The van der Waals surface area contributed by atoms with Gasteiger partial charge in [0.05, 0.1) is 10.5 Å². The molecule has 5 heteroatoms. The Kier molecular flexibility index (Phi) is 3.36. The molecular weight excluding hydrogens is 281 g/mol. The van der Waals surface area contributed by atoms with Crippen LogP contribution in [0.5, 0.6) is 0 Å². The summed E-state index contributed by atoms with van der Waals surface area (Å²) in [4.78, 5) is 0.609. The van der Waals surface area contributed by atoms with Gasteiger partial charge in [-0.25, -0.2) is 0 Å². The van der Waals surface area contributed by atoms with E-state index in [1.165, 1.54) is 0 Å². The highest BCUT2D eigenvalue weighted by Gasteiger charge is 2.51. The Morgan fingerprint density at radius 1 is 1.17 bits per heavy atom. The van der Waals surface area contributed by atoms with Crippen LogP contribution >= 0.6 is 10.5 Å². The molecule has 0 bridgehead atoms. The molecule has 1 aromatic carbocycles. The van der Waals surface area contributed by atoms with E-state index >= 15 is 0 Å². The third-order valence-corrected chi connectivity index (χ3v) is 5.33. The van der Waals surface area contributed by atoms with Gasteiger partial charge in [0.1, 0.15) is 0 Å². The normalized spacial score (nSPS) is 16.8. The number of fused-ring (bicyclic) bond motifs is 1. The lowest BCUT2D eigenvalue weighted by molar-refractivity contribution is -0.0867. The van der Waals surface area contributed by atoms with Gasteiger partial charge in [-0.05, 0) is 31.9 Å². The van der Waals surface area contributed by atoms with Crippen LogP contribution in [0.1, 0.15) is 29.2 Å². The Morgan fingerprint density at radius 2 is 1.83 bits per heavy atom. The lowest BCUT2D eigenvalue weighted by Gasteiger charge is -1.98. The Hall–Kier alpha value is -0.740. The van der Waals surface area contributed by atoms with Crippen LogP contribution in [0.15, 0.2) is 24.3 Å². The minimum Gasteiger partial charge on any atom is -1.00 e. The largest absolute Gasteiger partial charge is 1.00 e. The third-order valence-electron chi connectivity index (χ3n) is 3.13. The minimum absolute atomic E-state index is 0. The molecule has 1 aliphatic rings. The quantitative estimate of drug-likeness (QED) is 0.707. The molecule has 0 aliphatic heterocycles. The van der Waals surface area contributed by atoms with E-state index in [0.29, 0.717) is 9.58 Å². The van der Waals surface area contributed by atoms with Gasteiger partial charge in [0.25, 0.3) is 0 Å². The van der Waals surface area contributed by atoms with Gasteiger partial charge in [-0.2, -0.15) is 0 Å². The van der Waals surface area contributed by atoms with Crippen molar-refractivity contribution in [1.82, 2.24) is 0 Å². The van der Waals surface area contributed by atoms with Crippen molar-refractivity contribution in [2.75, 3.05) is 0 Å². The first-order valence-electron chi connectivity index (χ1n) is 5.60. The van der Waals surface area contributed by atoms with E-state index in [4.69, 9.17) is 0 Å². The SMILES string of the molecule is Cc1ccc2c(c1)cc(C1CC1)[s+]2C(F)(F)F.[Cl-]. The Morgan fingerprint density at radius 3 is 2.39 bits per heavy atom. The van der Waals surface area contributed by atoms with Crippen LogP contribution in [0.4, 0.5) is 13.2 Å². The number of alkyl halides is 3. The zero-order valence-corrected chi connectivity index (χ0v) is 11.3. The predicted molar refractivity (Wildman–Crippen MR) is 64.4 cm³/mol. The molecule has 0 amide bonds. The zero-order chi connectivity index (χ0) is 12.2. The second kappa shape index (κ2) is 4.42. The molecule has 0 radical (unpaired) electrons. The topological polar surface area (TPSA) is 0 Å². The predicted octanol–water partition coefficient (Wildman–Crippen LogP) is 2.26. The Bertz CT molecular complexity index is 582. The summed E-state index contributed by atoms with van der Waals surface area (Å²) in [6, 6.07) is 7.05. The molecule has 1 heterocycles. The minimum atomic E-state index is -4.13. The molecule has 1 fully saturated rings. The van der Waals surface area contributed by atoms with Crippen molar-refractivity contribution >= 4 is 20.6 Å². The van der Waals surface area contributed by atoms with Crippen LogP contribution in [-0.2, 0) is 5.51 Å². The van der Waals surface area contributed by atoms with E-state index in [1.54, 1.807) is 18.2 Å². The average Bonchev–Trinajstić information content (AvgIpc) is 2.97. The molecule has 1 unspecified atom stereocenters. The van der Waals surface area contributed by atoms with Crippen LogP contribution in [-0.4, -0.2) is 0 Å². The first-order valence-corrected chi connectivity index (χ1v) is 6.82. The highest BCUT2D eigenvalue weighted by atomic mass is 35.5. The maximum atomic E-state index is 13.1. The van der Waals surface area contributed by atoms with Crippen LogP contribution < -0.4 is 12.4 Å². The van der Waals surface area contributed by atoms with Gasteiger partial charge in [-0.3, -0.25) is 0 Å². The van der Waals surface area contributed by atoms with Crippen molar-refractivity contribution in [2.24, 2.45) is 0 Å². The molecule has 98 valence electrons. The van der Waals surface area contributed by atoms with Crippen molar-refractivity contribution in [2.45, 2.75) is 31.2 Å². The molecule has 1 aromatic heterocycles. The molecule has 0 spiro atoms. The molecule has 0 saturated heterocycles. The number of hydrogen-bond acceptors (Lipinski definition) is 0. The van der Waals surface area contributed by atoms with Gasteiger partial charge >= 0.3 is 5.51 Å². The number of halogens is 4. The molecule has 18 heavy (non-hydrogen) atoms. The maximum Gasteiger partial charge on any atom is 0.600 e. The first kappa shape index (κ1) is 13.7. The average molecular weight is 293 g/mol. The lowest BCUT2D eigenvalue weighted by atomic mass is 10.2. The molecule has 1 atom stereocenters. The summed E-state index contributed by atoms with van der Waals surface area (Å²) in [6.07, 6.45) is 1.83. The molecule has 2 aromatic rings. The monoisotopic (exact) mass is 292 g/mol. The Balaban J connectivity index is 0.00000120. The smallest absolute Gasteiger partial charge is 0.600 e. The highest BCUT2D eigenvalue weighted by Crippen LogP contribution is 2.57. The molecule has 1 aliphatic carbocycles. The summed E-state index contributed by atoms with van der Waals surface area (Å²) in [6.45, 7) is 1.91. The molecular formula is C13H12ClF3S. The molecule has 1 saturated carbocycles. The number of benzene rings is 1. The van der Waals surface area contributed by atoms with Gasteiger partial charge in [0, 0.05) is 17.4 Å². The van der Waals surface area contributed by atoms with Crippen LogP contribution in [0.25, 0.3) is 10.1 Å². The second-order valence-electron chi connectivity index (χ2n) is 4.61. The van der Waals surface area contributed by atoms with Crippen LogP contribution in [0, 0.1) is 6.92 Å². The van der Waals surface area contributed by atoms with Crippen molar-refractivity contribution in [3.05, 3.63) is 34.7 Å². The number of rotatable bonds is 1. The summed E-state index contributed by atoms with van der Waals surface area (Å²) in [7, 11) is -1.67. The molecule has 0 N–H and O–H groups in total. The van der Waals surface area contributed by atoms with E-state index in [2.05, 4.69) is 0 Å². The van der Waals surface area contributed by atoms with E-state index in [9.17, 15) is 13.2 Å². The van der Waals surface area contributed by atoms with E-state index < -0.39 is 16.0 Å². The molecule has 0 nitrogen and oxygen atoms in total. The summed E-state index contributed by atoms with van der Waals surface area (Å²) in [5.41, 5.74) is -3.11. The summed E-state index contributed by atoms with van der Waals surface area (Å²) >= 11 is 0. The maximum absolute atomic E-state index is 13.1. The number of thiophene rings is 1. The standard InChI is InChI=1S/C13H12F3S.ClH/c1-8-2-5-11-10(6-8)7-12(9-3-4-9)17(11)13(14,15)16;/h2,5-7,9H,3-4H2,1H3;1H/q+1;/p-1. The van der Waals surface area contributed by atoms with Crippen molar-refractivity contribution in [1.29, 1.82) is 0 Å². The van der Waals surface area contributed by atoms with Crippen LogP contribution in [0.2, 0.25) is 0 Å². The van der Waals surface area contributed by atoms with Crippen molar-refractivity contribution in [3.8, 4) is 0 Å². The fourth-order valence-corrected chi connectivity index (χ4v) is 4.36. The van der Waals surface area contributed by atoms with Gasteiger partial charge in [-0.15, -0.1) is 13.2 Å². The Labute approximate surface area is 112 Å². The highest BCUT2D eigenvalue weighted by molar-refractivity contribution is 7.38. The van der Waals surface area contributed by atoms with Gasteiger partial charge in [0.2, 0.25) is 0 Å². The summed E-state index contributed by atoms with van der Waals surface area (Å²) < 4.78 is 39.9. The van der Waals surface area contributed by atoms with Gasteiger partial charge < -0.3 is 12.4 Å². The zero-order valence-electron chi connectivity index (χ0n) is 9.72. The first-order chi connectivity index (χ1) is 7.97. The van der Waals surface area contributed by atoms with Crippen LogP contribution in [0.3, 0.4) is 0 Å². The summed E-state index contributed by atoms with van der Waals surface area (Å²) in [5.74, 6) is 0.174. The van der Waals surface area contributed by atoms with E-state index in [0.717, 1.165) is 23.8 Å². The number of hydrogen-bond donors (Lipinski definition) is 0. The second-order valence-corrected chi connectivity index (χ2v) is 6.60. The van der Waals surface area contributed by atoms with Crippen molar-refractivity contribution in [3.63, 3.8) is 0 Å². The van der Waals surface area contributed by atoms with E-state index in [1.807, 2.05) is 13.0 Å².